The summed E-state index contributed by atoms with van der Waals surface area (Å²) in [5, 5.41) is 3.75. The van der Waals surface area contributed by atoms with Crippen molar-refractivity contribution < 1.29 is 0 Å². The van der Waals surface area contributed by atoms with E-state index in [2.05, 4.69) is 33.0 Å². The van der Waals surface area contributed by atoms with Gasteiger partial charge in [-0.25, -0.2) is 0 Å². The van der Waals surface area contributed by atoms with Crippen molar-refractivity contribution in [1.82, 2.24) is 5.32 Å². The van der Waals surface area contributed by atoms with Crippen LogP contribution in [0.2, 0.25) is 0 Å². The van der Waals surface area contributed by atoms with Crippen LogP contribution in [0.25, 0.3) is 0 Å². The molecule has 0 saturated heterocycles. The van der Waals surface area contributed by atoms with Gasteiger partial charge in [0.05, 0.1) is 0 Å². The van der Waals surface area contributed by atoms with E-state index in [0.717, 1.165) is 23.8 Å². The van der Waals surface area contributed by atoms with Crippen molar-refractivity contribution in [1.29, 1.82) is 0 Å². The molecule has 0 heterocycles. The largest absolute Gasteiger partial charge is 0.313 e. The monoisotopic (exact) mass is 197 g/mol. The van der Waals surface area contributed by atoms with Gasteiger partial charge in [0.1, 0.15) is 0 Å². The van der Waals surface area contributed by atoms with E-state index in [1.807, 2.05) is 0 Å². The van der Waals surface area contributed by atoms with Crippen LogP contribution in [0.3, 0.4) is 0 Å². The fourth-order valence-electron chi connectivity index (χ4n) is 2.60. The van der Waals surface area contributed by atoms with Gasteiger partial charge in [0.15, 0.2) is 0 Å². The standard InChI is InChI=1S/C13H27N/c1-5-6-10(2)9-14-13-8-7-11(3)12(13)4/h10-14H,5-9H2,1-4H3. The molecule has 14 heavy (non-hydrogen) atoms. The highest BCUT2D eigenvalue weighted by Crippen LogP contribution is 2.31. The number of hydrogen-bond donors (Lipinski definition) is 1. The third-order valence-corrected chi connectivity index (χ3v) is 3.98. The molecule has 0 aromatic carbocycles. The number of rotatable bonds is 5. The Balaban J connectivity index is 2.18. The third kappa shape index (κ3) is 3.27. The highest BCUT2D eigenvalue weighted by Gasteiger charge is 2.29. The summed E-state index contributed by atoms with van der Waals surface area (Å²) < 4.78 is 0. The lowest BCUT2D eigenvalue weighted by molar-refractivity contribution is 0.346. The van der Waals surface area contributed by atoms with Gasteiger partial charge in [-0.1, -0.05) is 34.1 Å². The molecule has 0 bridgehead atoms. The van der Waals surface area contributed by atoms with Crippen molar-refractivity contribution in [2.45, 2.75) is 59.4 Å². The highest BCUT2D eigenvalue weighted by atomic mass is 14.9. The first-order chi connectivity index (χ1) is 6.65. The molecule has 0 spiro atoms. The van der Waals surface area contributed by atoms with Crippen LogP contribution in [0.5, 0.6) is 0 Å². The van der Waals surface area contributed by atoms with Crippen LogP contribution in [0.15, 0.2) is 0 Å². The predicted molar refractivity (Wildman–Crippen MR) is 63.4 cm³/mol. The SMILES string of the molecule is CCCC(C)CNC1CCC(C)C1C. The lowest BCUT2D eigenvalue weighted by atomic mass is 9.97. The summed E-state index contributed by atoms with van der Waals surface area (Å²) in [7, 11) is 0. The first kappa shape index (κ1) is 12.0. The topological polar surface area (TPSA) is 12.0 Å². The summed E-state index contributed by atoms with van der Waals surface area (Å²) in [4.78, 5) is 0. The van der Waals surface area contributed by atoms with Gasteiger partial charge >= 0.3 is 0 Å². The molecule has 1 fully saturated rings. The summed E-state index contributed by atoms with van der Waals surface area (Å²) in [5.41, 5.74) is 0. The maximum atomic E-state index is 3.75. The first-order valence-electron chi connectivity index (χ1n) is 6.38. The lowest BCUT2D eigenvalue weighted by Crippen LogP contribution is -2.35. The molecule has 0 aromatic heterocycles. The second kappa shape index (κ2) is 5.75. The Kier molecular flexibility index (Phi) is 4.94. The van der Waals surface area contributed by atoms with E-state index in [4.69, 9.17) is 0 Å². The van der Waals surface area contributed by atoms with Crippen molar-refractivity contribution >= 4 is 0 Å². The van der Waals surface area contributed by atoms with E-state index in [0.29, 0.717) is 0 Å². The fourth-order valence-corrected chi connectivity index (χ4v) is 2.60. The molecule has 1 aliphatic rings. The van der Waals surface area contributed by atoms with Crippen LogP contribution in [-0.2, 0) is 0 Å². The molecule has 1 saturated carbocycles. The summed E-state index contributed by atoms with van der Waals surface area (Å²) >= 11 is 0. The molecule has 0 aliphatic heterocycles. The van der Waals surface area contributed by atoms with Gasteiger partial charge in [0.25, 0.3) is 0 Å². The van der Waals surface area contributed by atoms with Crippen molar-refractivity contribution in [3.63, 3.8) is 0 Å². The second-order valence-corrected chi connectivity index (χ2v) is 5.32. The number of hydrogen-bond acceptors (Lipinski definition) is 1. The highest BCUT2D eigenvalue weighted by molar-refractivity contribution is 4.84. The maximum absolute atomic E-state index is 3.75. The van der Waals surface area contributed by atoms with Gasteiger partial charge in [0, 0.05) is 6.04 Å². The third-order valence-electron chi connectivity index (χ3n) is 3.98. The summed E-state index contributed by atoms with van der Waals surface area (Å²) in [5.74, 6) is 2.65. The molecular formula is C13H27N. The molecule has 1 nitrogen and oxygen atoms in total. The summed E-state index contributed by atoms with van der Waals surface area (Å²) in [6, 6.07) is 0.796. The molecule has 0 aromatic rings. The summed E-state index contributed by atoms with van der Waals surface area (Å²) in [6.45, 7) is 10.6. The number of nitrogens with one attached hydrogen (secondary N) is 1. The van der Waals surface area contributed by atoms with Crippen LogP contribution in [0, 0.1) is 17.8 Å². The first-order valence-corrected chi connectivity index (χ1v) is 6.38. The molecule has 1 aliphatic carbocycles. The van der Waals surface area contributed by atoms with E-state index >= 15 is 0 Å². The molecular weight excluding hydrogens is 170 g/mol. The predicted octanol–water partition coefficient (Wildman–Crippen LogP) is 3.45. The van der Waals surface area contributed by atoms with Crippen molar-refractivity contribution in [3.05, 3.63) is 0 Å². The van der Waals surface area contributed by atoms with Gasteiger partial charge in [-0.05, 0) is 43.6 Å². The minimum atomic E-state index is 0.796. The van der Waals surface area contributed by atoms with Crippen molar-refractivity contribution in [2.75, 3.05) is 6.54 Å². The minimum absolute atomic E-state index is 0.796. The average Bonchev–Trinajstić information content (AvgIpc) is 2.46. The lowest BCUT2D eigenvalue weighted by Gasteiger charge is -2.21. The van der Waals surface area contributed by atoms with E-state index < -0.39 is 0 Å². The van der Waals surface area contributed by atoms with Crippen LogP contribution in [-0.4, -0.2) is 12.6 Å². The van der Waals surface area contributed by atoms with Crippen LogP contribution >= 0.6 is 0 Å². The smallest absolute Gasteiger partial charge is 0.00954 e. The molecule has 4 unspecified atom stereocenters. The quantitative estimate of drug-likeness (QED) is 0.712. The van der Waals surface area contributed by atoms with Gasteiger partial charge in [-0.2, -0.15) is 0 Å². The molecule has 1 N–H and O–H groups in total. The Hall–Kier alpha value is -0.0400. The maximum Gasteiger partial charge on any atom is 0.00954 e. The molecule has 1 rings (SSSR count). The molecule has 84 valence electrons. The van der Waals surface area contributed by atoms with Gasteiger partial charge < -0.3 is 5.32 Å². The van der Waals surface area contributed by atoms with Crippen molar-refractivity contribution in [3.8, 4) is 0 Å². The van der Waals surface area contributed by atoms with E-state index in [1.54, 1.807) is 0 Å². The van der Waals surface area contributed by atoms with Crippen molar-refractivity contribution in [2.24, 2.45) is 17.8 Å². The van der Waals surface area contributed by atoms with Gasteiger partial charge in [0.2, 0.25) is 0 Å². The Morgan fingerprint density at radius 2 is 2.00 bits per heavy atom. The molecule has 4 atom stereocenters. The Bertz CT molecular complexity index is 155. The van der Waals surface area contributed by atoms with Crippen LogP contribution in [0.4, 0.5) is 0 Å². The minimum Gasteiger partial charge on any atom is -0.313 e. The Labute approximate surface area is 89.7 Å². The van der Waals surface area contributed by atoms with E-state index in [9.17, 15) is 0 Å². The van der Waals surface area contributed by atoms with Gasteiger partial charge in [-0.15, -0.1) is 0 Å². The zero-order valence-corrected chi connectivity index (χ0v) is 10.3. The summed E-state index contributed by atoms with van der Waals surface area (Å²) in [6.07, 6.45) is 5.49. The van der Waals surface area contributed by atoms with E-state index in [1.165, 1.54) is 32.2 Å². The Morgan fingerprint density at radius 1 is 1.29 bits per heavy atom. The second-order valence-electron chi connectivity index (χ2n) is 5.32. The Morgan fingerprint density at radius 3 is 2.50 bits per heavy atom. The van der Waals surface area contributed by atoms with Crippen LogP contribution in [0.1, 0.15) is 53.4 Å². The fraction of sp³-hybridized carbons (Fsp3) is 1.00. The van der Waals surface area contributed by atoms with E-state index in [-0.39, 0.29) is 0 Å². The zero-order chi connectivity index (χ0) is 10.6. The molecule has 0 radical (unpaired) electrons. The van der Waals surface area contributed by atoms with Crippen LogP contribution < -0.4 is 5.32 Å². The average molecular weight is 197 g/mol. The molecule has 0 amide bonds. The zero-order valence-electron chi connectivity index (χ0n) is 10.3. The normalized spacial score (nSPS) is 34.7. The van der Waals surface area contributed by atoms with Gasteiger partial charge in [-0.3, -0.25) is 0 Å². The molecule has 1 heteroatoms.